The predicted molar refractivity (Wildman–Crippen MR) is 35.7 cm³/mol. The Kier molecular flexibility index (Phi) is 1.74. The first kappa shape index (κ1) is 6.59. The summed E-state index contributed by atoms with van der Waals surface area (Å²) in [4.78, 5) is 10.3. The maximum Gasteiger partial charge on any atom is 0.217 e. The summed E-state index contributed by atoms with van der Waals surface area (Å²) in [6, 6.07) is 0. The van der Waals surface area contributed by atoms with Crippen LogP contribution in [0.25, 0.3) is 0 Å². The van der Waals surface area contributed by atoms with Gasteiger partial charge in [0, 0.05) is 6.42 Å². The summed E-state index contributed by atoms with van der Waals surface area (Å²) in [7, 11) is 0. The molecule has 0 spiro atoms. The average Bonchev–Trinajstić information content (AvgIpc) is 1.60. The SMILES string of the molecule is CC1CC(CC(N)=O)C1. The minimum atomic E-state index is -0.146. The first-order valence-electron chi connectivity index (χ1n) is 3.46. The number of nitrogens with two attached hydrogens (primary N) is 1. The van der Waals surface area contributed by atoms with Crippen LogP contribution in [0.1, 0.15) is 26.2 Å². The second-order valence-electron chi connectivity index (χ2n) is 3.11. The summed E-state index contributed by atoms with van der Waals surface area (Å²) in [6.07, 6.45) is 3.00. The van der Waals surface area contributed by atoms with E-state index < -0.39 is 0 Å². The zero-order chi connectivity index (χ0) is 6.85. The molecule has 2 nitrogen and oxygen atoms in total. The van der Waals surface area contributed by atoms with Crippen molar-refractivity contribution < 1.29 is 4.79 Å². The maximum absolute atomic E-state index is 10.3. The van der Waals surface area contributed by atoms with Crippen molar-refractivity contribution in [1.82, 2.24) is 0 Å². The largest absolute Gasteiger partial charge is 0.370 e. The van der Waals surface area contributed by atoms with Gasteiger partial charge in [0.25, 0.3) is 0 Å². The van der Waals surface area contributed by atoms with Crippen LogP contribution in [0, 0.1) is 11.8 Å². The molecular formula is C7H13NO. The van der Waals surface area contributed by atoms with Crippen LogP contribution in [0.3, 0.4) is 0 Å². The highest BCUT2D eigenvalue weighted by Crippen LogP contribution is 2.34. The molecule has 0 aromatic carbocycles. The summed E-state index contributed by atoms with van der Waals surface area (Å²) < 4.78 is 0. The van der Waals surface area contributed by atoms with Crippen molar-refractivity contribution in [3.63, 3.8) is 0 Å². The molecule has 2 N–H and O–H groups in total. The Labute approximate surface area is 55.4 Å². The number of hydrogen-bond acceptors (Lipinski definition) is 1. The van der Waals surface area contributed by atoms with Crippen LogP contribution in [0.4, 0.5) is 0 Å². The zero-order valence-corrected chi connectivity index (χ0v) is 5.76. The predicted octanol–water partition coefficient (Wildman–Crippen LogP) is 0.908. The quantitative estimate of drug-likeness (QED) is 0.588. The smallest absolute Gasteiger partial charge is 0.217 e. The highest BCUT2D eigenvalue weighted by Gasteiger charge is 2.26. The molecule has 0 bridgehead atoms. The molecule has 1 rings (SSSR count). The van der Waals surface area contributed by atoms with E-state index >= 15 is 0 Å². The first-order valence-corrected chi connectivity index (χ1v) is 3.46. The molecule has 0 radical (unpaired) electrons. The summed E-state index contributed by atoms with van der Waals surface area (Å²) >= 11 is 0. The Morgan fingerprint density at radius 2 is 2.22 bits per heavy atom. The summed E-state index contributed by atoms with van der Waals surface area (Å²) in [5, 5.41) is 0. The molecule has 0 aromatic heterocycles. The third-order valence-corrected chi connectivity index (χ3v) is 1.96. The third-order valence-electron chi connectivity index (χ3n) is 1.96. The second kappa shape index (κ2) is 2.38. The molecule has 0 aliphatic heterocycles. The minimum absolute atomic E-state index is 0.146. The number of carbonyl (C=O) groups is 1. The van der Waals surface area contributed by atoms with Gasteiger partial charge in [-0.05, 0) is 24.7 Å². The van der Waals surface area contributed by atoms with Gasteiger partial charge in [0.2, 0.25) is 5.91 Å². The van der Waals surface area contributed by atoms with Gasteiger partial charge in [-0.15, -0.1) is 0 Å². The summed E-state index contributed by atoms with van der Waals surface area (Å²) in [6.45, 7) is 2.21. The van der Waals surface area contributed by atoms with Crippen molar-refractivity contribution in [3.05, 3.63) is 0 Å². The Hall–Kier alpha value is -0.530. The van der Waals surface area contributed by atoms with Crippen molar-refractivity contribution in [3.8, 4) is 0 Å². The van der Waals surface area contributed by atoms with Gasteiger partial charge in [-0.2, -0.15) is 0 Å². The molecule has 1 fully saturated rings. The fraction of sp³-hybridized carbons (Fsp3) is 0.857. The van der Waals surface area contributed by atoms with Crippen LogP contribution < -0.4 is 5.73 Å². The lowest BCUT2D eigenvalue weighted by Gasteiger charge is -2.31. The average molecular weight is 127 g/mol. The molecule has 1 aliphatic carbocycles. The highest BCUT2D eigenvalue weighted by atomic mass is 16.1. The van der Waals surface area contributed by atoms with Gasteiger partial charge in [-0.25, -0.2) is 0 Å². The fourth-order valence-electron chi connectivity index (χ4n) is 1.52. The van der Waals surface area contributed by atoms with E-state index in [1.807, 2.05) is 0 Å². The fourth-order valence-corrected chi connectivity index (χ4v) is 1.52. The van der Waals surface area contributed by atoms with Crippen LogP contribution in [0.2, 0.25) is 0 Å². The number of hydrogen-bond donors (Lipinski definition) is 1. The number of rotatable bonds is 2. The normalized spacial score (nSPS) is 33.4. The van der Waals surface area contributed by atoms with Crippen molar-refractivity contribution in [2.75, 3.05) is 0 Å². The standard InChI is InChI=1S/C7H13NO/c1-5-2-6(3-5)4-7(8)9/h5-6H,2-4H2,1H3,(H2,8,9). The van der Waals surface area contributed by atoms with Gasteiger partial charge >= 0.3 is 0 Å². The van der Waals surface area contributed by atoms with Crippen LogP contribution in [-0.4, -0.2) is 5.91 Å². The van der Waals surface area contributed by atoms with Crippen LogP contribution in [-0.2, 0) is 4.79 Å². The van der Waals surface area contributed by atoms with E-state index in [0.29, 0.717) is 12.3 Å². The summed E-state index contributed by atoms with van der Waals surface area (Å²) in [5.41, 5.74) is 5.01. The van der Waals surface area contributed by atoms with Gasteiger partial charge < -0.3 is 5.73 Å². The molecule has 9 heavy (non-hydrogen) atoms. The van der Waals surface area contributed by atoms with E-state index in [1.54, 1.807) is 0 Å². The van der Waals surface area contributed by atoms with Crippen molar-refractivity contribution >= 4 is 5.91 Å². The lowest BCUT2D eigenvalue weighted by atomic mass is 9.74. The Morgan fingerprint density at radius 1 is 1.67 bits per heavy atom. The van der Waals surface area contributed by atoms with Gasteiger partial charge in [0.1, 0.15) is 0 Å². The van der Waals surface area contributed by atoms with Crippen molar-refractivity contribution in [1.29, 1.82) is 0 Å². The Morgan fingerprint density at radius 3 is 2.56 bits per heavy atom. The van der Waals surface area contributed by atoms with Crippen LogP contribution in [0.5, 0.6) is 0 Å². The van der Waals surface area contributed by atoms with Crippen molar-refractivity contribution in [2.24, 2.45) is 17.6 Å². The molecule has 0 aromatic rings. The van der Waals surface area contributed by atoms with Gasteiger partial charge in [0.15, 0.2) is 0 Å². The molecule has 0 unspecified atom stereocenters. The van der Waals surface area contributed by atoms with Gasteiger partial charge in [-0.1, -0.05) is 6.92 Å². The van der Waals surface area contributed by atoms with E-state index in [9.17, 15) is 4.79 Å². The number of primary amides is 1. The van der Waals surface area contributed by atoms with E-state index in [2.05, 4.69) is 6.92 Å². The van der Waals surface area contributed by atoms with Crippen LogP contribution in [0.15, 0.2) is 0 Å². The Balaban J connectivity index is 2.11. The molecule has 52 valence electrons. The number of amides is 1. The molecule has 0 heterocycles. The minimum Gasteiger partial charge on any atom is -0.370 e. The number of carbonyl (C=O) groups excluding carboxylic acids is 1. The zero-order valence-electron chi connectivity index (χ0n) is 5.76. The van der Waals surface area contributed by atoms with E-state index in [4.69, 9.17) is 5.73 Å². The monoisotopic (exact) mass is 127 g/mol. The topological polar surface area (TPSA) is 43.1 Å². The first-order chi connectivity index (χ1) is 4.18. The van der Waals surface area contributed by atoms with Gasteiger partial charge in [-0.3, -0.25) is 4.79 Å². The lowest BCUT2D eigenvalue weighted by Crippen LogP contribution is -2.26. The van der Waals surface area contributed by atoms with E-state index in [1.165, 1.54) is 12.8 Å². The highest BCUT2D eigenvalue weighted by molar-refractivity contribution is 5.74. The molecule has 0 saturated heterocycles. The second-order valence-corrected chi connectivity index (χ2v) is 3.11. The van der Waals surface area contributed by atoms with E-state index in [0.717, 1.165) is 5.92 Å². The molecule has 2 heteroatoms. The molecular weight excluding hydrogens is 114 g/mol. The maximum atomic E-state index is 10.3. The van der Waals surface area contributed by atoms with Gasteiger partial charge in [0.05, 0.1) is 0 Å². The van der Waals surface area contributed by atoms with Crippen molar-refractivity contribution in [2.45, 2.75) is 26.2 Å². The molecule has 1 amide bonds. The molecule has 1 aliphatic rings. The summed E-state index contributed by atoms with van der Waals surface area (Å²) in [5.74, 6) is 1.29. The van der Waals surface area contributed by atoms with E-state index in [-0.39, 0.29) is 5.91 Å². The Bertz CT molecular complexity index is 116. The molecule has 0 atom stereocenters. The van der Waals surface area contributed by atoms with Crippen LogP contribution >= 0.6 is 0 Å². The third kappa shape index (κ3) is 1.70. The lowest BCUT2D eigenvalue weighted by molar-refractivity contribution is -0.119. The molecule has 1 saturated carbocycles.